The standard InChI is InChI=1S/C10H16O/c1-3-9-6-4-5-7-10(11)8(9)2/h3,8H,4-7H2,1-2H3/b9-3-. The van der Waals surface area contributed by atoms with E-state index in [4.69, 9.17) is 0 Å². The maximum Gasteiger partial charge on any atom is 0.139 e. The van der Waals surface area contributed by atoms with E-state index in [1.807, 2.05) is 13.8 Å². The summed E-state index contributed by atoms with van der Waals surface area (Å²) < 4.78 is 0. The van der Waals surface area contributed by atoms with Crippen molar-refractivity contribution in [3.63, 3.8) is 0 Å². The Labute approximate surface area is 68.5 Å². The minimum absolute atomic E-state index is 0.197. The van der Waals surface area contributed by atoms with Gasteiger partial charge in [-0.15, -0.1) is 0 Å². The molecule has 0 radical (unpaired) electrons. The summed E-state index contributed by atoms with van der Waals surface area (Å²) in [5.41, 5.74) is 1.34. The number of hydrogen-bond acceptors (Lipinski definition) is 1. The van der Waals surface area contributed by atoms with Gasteiger partial charge >= 0.3 is 0 Å². The van der Waals surface area contributed by atoms with Gasteiger partial charge in [-0.1, -0.05) is 18.6 Å². The van der Waals surface area contributed by atoms with Crippen LogP contribution in [-0.2, 0) is 4.79 Å². The van der Waals surface area contributed by atoms with E-state index in [0.29, 0.717) is 5.78 Å². The molecule has 11 heavy (non-hydrogen) atoms. The molecule has 1 fully saturated rings. The van der Waals surface area contributed by atoms with Crippen LogP contribution in [0.1, 0.15) is 39.5 Å². The number of carbonyl (C=O) groups is 1. The predicted octanol–water partition coefficient (Wildman–Crippen LogP) is 2.71. The van der Waals surface area contributed by atoms with Crippen LogP contribution in [0.4, 0.5) is 0 Å². The topological polar surface area (TPSA) is 17.1 Å². The molecule has 0 N–H and O–H groups in total. The summed E-state index contributed by atoms with van der Waals surface area (Å²) in [6, 6.07) is 0. The van der Waals surface area contributed by atoms with E-state index in [0.717, 1.165) is 19.3 Å². The average Bonchev–Trinajstić information content (AvgIpc) is 2.16. The van der Waals surface area contributed by atoms with Crippen molar-refractivity contribution in [3.8, 4) is 0 Å². The fourth-order valence-corrected chi connectivity index (χ4v) is 1.66. The molecule has 0 heterocycles. The molecule has 0 aliphatic heterocycles. The highest BCUT2D eigenvalue weighted by atomic mass is 16.1. The smallest absolute Gasteiger partial charge is 0.139 e. The van der Waals surface area contributed by atoms with Crippen LogP contribution in [0, 0.1) is 5.92 Å². The van der Waals surface area contributed by atoms with Gasteiger partial charge < -0.3 is 0 Å². The number of Topliss-reactive ketones (excluding diaryl/α,β-unsaturated/α-hetero) is 1. The normalized spacial score (nSPS) is 30.5. The van der Waals surface area contributed by atoms with Crippen molar-refractivity contribution in [1.82, 2.24) is 0 Å². The summed E-state index contributed by atoms with van der Waals surface area (Å²) in [7, 11) is 0. The van der Waals surface area contributed by atoms with Crippen LogP contribution in [0.3, 0.4) is 0 Å². The number of hydrogen-bond donors (Lipinski definition) is 0. The summed E-state index contributed by atoms with van der Waals surface area (Å²) in [5.74, 6) is 0.623. The highest BCUT2D eigenvalue weighted by Crippen LogP contribution is 2.24. The van der Waals surface area contributed by atoms with Crippen molar-refractivity contribution < 1.29 is 4.79 Å². The lowest BCUT2D eigenvalue weighted by atomic mass is 9.95. The average molecular weight is 152 g/mol. The molecule has 0 aromatic heterocycles. The highest BCUT2D eigenvalue weighted by Gasteiger charge is 2.19. The van der Waals surface area contributed by atoms with Gasteiger partial charge in [0.25, 0.3) is 0 Å². The van der Waals surface area contributed by atoms with Crippen LogP contribution >= 0.6 is 0 Å². The summed E-state index contributed by atoms with van der Waals surface area (Å²) in [6.45, 7) is 4.06. The second kappa shape index (κ2) is 3.70. The Morgan fingerprint density at radius 2 is 2.00 bits per heavy atom. The molecule has 1 aliphatic rings. The Hall–Kier alpha value is -0.590. The predicted molar refractivity (Wildman–Crippen MR) is 46.4 cm³/mol. The van der Waals surface area contributed by atoms with Crippen LogP contribution in [0.5, 0.6) is 0 Å². The molecule has 1 aliphatic carbocycles. The first-order valence-electron chi connectivity index (χ1n) is 4.43. The Kier molecular flexibility index (Phi) is 2.86. The SMILES string of the molecule is C/C=C1/CCCCC(=O)C1C. The van der Waals surface area contributed by atoms with Gasteiger partial charge in [0.15, 0.2) is 0 Å². The summed E-state index contributed by atoms with van der Waals surface area (Å²) in [5, 5.41) is 0. The van der Waals surface area contributed by atoms with Gasteiger partial charge in [-0.05, 0) is 26.2 Å². The molecular weight excluding hydrogens is 136 g/mol. The Balaban J connectivity index is 2.72. The number of allylic oxidation sites excluding steroid dienone is 2. The van der Waals surface area contributed by atoms with Gasteiger partial charge in [-0.3, -0.25) is 4.79 Å². The lowest BCUT2D eigenvalue weighted by Gasteiger charge is -2.09. The molecule has 0 saturated heterocycles. The van der Waals surface area contributed by atoms with Crippen molar-refractivity contribution >= 4 is 5.78 Å². The number of carbonyl (C=O) groups excluding carboxylic acids is 1. The second-order valence-electron chi connectivity index (χ2n) is 3.26. The van der Waals surface area contributed by atoms with E-state index >= 15 is 0 Å². The highest BCUT2D eigenvalue weighted by molar-refractivity contribution is 5.83. The van der Waals surface area contributed by atoms with E-state index in [1.165, 1.54) is 12.0 Å². The summed E-state index contributed by atoms with van der Waals surface area (Å²) in [4.78, 5) is 11.3. The number of ketones is 1. The molecule has 62 valence electrons. The first-order chi connectivity index (χ1) is 5.25. The summed E-state index contributed by atoms with van der Waals surface area (Å²) in [6.07, 6.45) is 6.30. The third kappa shape index (κ3) is 1.92. The van der Waals surface area contributed by atoms with Gasteiger partial charge in [0.1, 0.15) is 5.78 Å². The molecule has 1 saturated carbocycles. The van der Waals surface area contributed by atoms with E-state index in [1.54, 1.807) is 0 Å². The van der Waals surface area contributed by atoms with Gasteiger partial charge in [0.2, 0.25) is 0 Å². The second-order valence-corrected chi connectivity index (χ2v) is 3.26. The molecule has 1 unspecified atom stereocenters. The van der Waals surface area contributed by atoms with Crippen molar-refractivity contribution in [1.29, 1.82) is 0 Å². The zero-order valence-corrected chi connectivity index (χ0v) is 7.39. The molecule has 0 bridgehead atoms. The van der Waals surface area contributed by atoms with Gasteiger partial charge in [0.05, 0.1) is 0 Å². The molecule has 0 amide bonds. The van der Waals surface area contributed by atoms with Crippen molar-refractivity contribution in [2.24, 2.45) is 5.92 Å². The molecule has 1 rings (SSSR count). The minimum atomic E-state index is 0.197. The largest absolute Gasteiger partial charge is 0.299 e. The van der Waals surface area contributed by atoms with Crippen LogP contribution in [0.25, 0.3) is 0 Å². The molecule has 1 heteroatoms. The van der Waals surface area contributed by atoms with Crippen LogP contribution < -0.4 is 0 Å². The Morgan fingerprint density at radius 1 is 1.36 bits per heavy atom. The monoisotopic (exact) mass is 152 g/mol. The third-order valence-electron chi connectivity index (χ3n) is 2.55. The van der Waals surface area contributed by atoms with E-state index in [9.17, 15) is 4.79 Å². The van der Waals surface area contributed by atoms with Gasteiger partial charge in [-0.2, -0.15) is 0 Å². The first-order valence-corrected chi connectivity index (χ1v) is 4.43. The van der Waals surface area contributed by atoms with E-state index < -0.39 is 0 Å². The maximum absolute atomic E-state index is 11.3. The van der Waals surface area contributed by atoms with Crippen molar-refractivity contribution in [3.05, 3.63) is 11.6 Å². The fraction of sp³-hybridized carbons (Fsp3) is 0.700. The Bertz CT molecular complexity index is 179. The first kappa shape index (κ1) is 8.51. The zero-order valence-electron chi connectivity index (χ0n) is 7.39. The molecule has 0 aromatic carbocycles. The van der Waals surface area contributed by atoms with E-state index in [2.05, 4.69) is 6.08 Å². The zero-order chi connectivity index (χ0) is 8.27. The van der Waals surface area contributed by atoms with Crippen LogP contribution in [0.2, 0.25) is 0 Å². The lowest BCUT2D eigenvalue weighted by molar-refractivity contribution is -0.121. The minimum Gasteiger partial charge on any atom is -0.299 e. The third-order valence-corrected chi connectivity index (χ3v) is 2.55. The molecule has 1 atom stereocenters. The van der Waals surface area contributed by atoms with Crippen LogP contribution in [0.15, 0.2) is 11.6 Å². The molecule has 1 nitrogen and oxygen atoms in total. The molecule has 0 spiro atoms. The number of rotatable bonds is 0. The van der Waals surface area contributed by atoms with Gasteiger partial charge in [0, 0.05) is 12.3 Å². The van der Waals surface area contributed by atoms with Gasteiger partial charge in [-0.25, -0.2) is 0 Å². The molecular formula is C10H16O. The summed E-state index contributed by atoms with van der Waals surface area (Å²) >= 11 is 0. The Morgan fingerprint density at radius 3 is 2.64 bits per heavy atom. The van der Waals surface area contributed by atoms with Crippen molar-refractivity contribution in [2.75, 3.05) is 0 Å². The molecule has 0 aromatic rings. The quantitative estimate of drug-likeness (QED) is 0.385. The lowest BCUT2D eigenvalue weighted by Crippen LogP contribution is -2.10. The fourth-order valence-electron chi connectivity index (χ4n) is 1.66. The van der Waals surface area contributed by atoms with E-state index in [-0.39, 0.29) is 5.92 Å². The van der Waals surface area contributed by atoms with Crippen LogP contribution in [-0.4, -0.2) is 5.78 Å². The van der Waals surface area contributed by atoms with Crippen molar-refractivity contribution in [2.45, 2.75) is 39.5 Å². The maximum atomic E-state index is 11.3.